The van der Waals surface area contributed by atoms with Gasteiger partial charge in [0.05, 0.1) is 16.8 Å². The van der Waals surface area contributed by atoms with Crippen molar-refractivity contribution in [3.63, 3.8) is 0 Å². The van der Waals surface area contributed by atoms with Gasteiger partial charge in [-0.05, 0) is 42.8 Å². The molecular weight excluding hydrogens is 328 g/mol. The topological polar surface area (TPSA) is 100 Å². The van der Waals surface area contributed by atoms with Gasteiger partial charge in [-0.15, -0.1) is 0 Å². The predicted molar refractivity (Wildman–Crippen MR) is 94.6 cm³/mol. The molecule has 1 heterocycles. The summed E-state index contributed by atoms with van der Waals surface area (Å²) in [4.78, 5) is 15.2. The van der Waals surface area contributed by atoms with Gasteiger partial charge in [0, 0.05) is 19.2 Å². The zero-order valence-electron chi connectivity index (χ0n) is 13.5. The third-order valence-corrected chi connectivity index (χ3v) is 4.44. The lowest BCUT2D eigenvalue weighted by Crippen LogP contribution is -2.14. The van der Waals surface area contributed by atoms with Gasteiger partial charge in [0.15, 0.2) is 0 Å². The number of carbonyl (C=O) groups excluding carboxylic acids is 1. The summed E-state index contributed by atoms with van der Waals surface area (Å²) in [5.41, 5.74) is 1.37. The predicted octanol–water partition coefficient (Wildman–Crippen LogP) is 2.66. The van der Waals surface area contributed by atoms with Gasteiger partial charge in [0.1, 0.15) is 5.82 Å². The van der Waals surface area contributed by atoms with Crippen LogP contribution in [0.2, 0.25) is 0 Å². The van der Waals surface area contributed by atoms with E-state index in [2.05, 4.69) is 27.3 Å². The molecule has 0 unspecified atom stereocenters. The Labute approximate surface area is 141 Å². The fraction of sp³-hybridized carbons (Fsp3) is 0.250. The lowest BCUT2D eigenvalue weighted by Gasteiger charge is -2.09. The van der Waals surface area contributed by atoms with Crippen molar-refractivity contribution in [2.45, 2.75) is 25.2 Å². The van der Waals surface area contributed by atoms with E-state index in [-0.39, 0.29) is 16.6 Å². The minimum absolute atomic E-state index is 0.0894. The first-order valence-corrected chi connectivity index (χ1v) is 8.99. The average Bonchev–Trinajstić information content (AvgIpc) is 2.54. The third kappa shape index (κ3) is 4.95. The molecule has 0 saturated carbocycles. The van der Waals surface area contributed by atoms with Gasteiger partial charge in [-0.25, -0.2) is 13.4 Å². The third-order valence-electron chi connectivity index (χ3n) is 3.07. The number of anilines is 3. The lowest BCUT2D eigenvalue weighted by molar-refractivity contribution is -0.114. The maximum atomic E-state index is 12.3. The molecule has 24 heavy (non-hydrogen) atoms. The number of amides is 1. The first-order valence-electron chi connectivity index (χ1n) is 7.51. The lowest BCUT2D eigenvalue weighted by atomic mass is 10.3. The molecule has 0 aliphatic carbocycles. The number of nitrogens with zero attached hydrogens (tertiary/aromatic N) is 1. The Morgan fingerprint density at radius 3 is 2.29 bits per heavy atom. The van der Waals surface area contributed by atoms with Gasteiger partial charge in [0.2, 0.25) is 5.91 Å². The summed E-state index contributed by atoms with van der Waals surface area (Å²) in [5, 5.41) is 5.75. The summed E-state index contributed by atoms with van der Waals surface area (Å²) in [6.07, 6.45) is 2.57. The highest BCUT2D eigenvalue weighted by Gasteiger charge is 2.14. The first kappa shape index (κ1) is 17.7. The molecule has 1 amide bonds. The maximum Gasteiger partial charge on any atom is 0.263 e. The van der Waals surface area contributed by atoms with Crippen LogP contribution >= 0.6 is 0 Å². The highest BCUT2D eigenvalue weighted by molar-refractivity contribution is 7.92. The smallest absolute Gasteiger partial charge is 0.263 e. The number of hydrogen-bond donors (Lipinski definition) is 3. The molecule has 0 bridgehead atoms. The van der Waals surface area contributed by atoms with Crippen LogP contribution in [0.1, 0.15) is 20.3 Å². The summed E-state index contributed by atoms with van der Waals surface area (Å²) >= 11 is 0. The van der Waals surface area contributed by atoms with Crippen molar-refractivity contribution in [2.24, 2.45) is 0 Å². The van der Waals surface area contributed by atoms with Crippen molar-refractivity contribution < 1.29 is 13.2 Å². The van der Waals surface area contributed by atoms with Crippen molar-refractivity contribution in [3.05, 3.63) is 42.6 Å². The Bertz CT molecular complexity index is 787. The molecule has 0 aliphatic heterocycles. The molecule has 0 fully saturated rings. The highest BCUT2D eigenvalue weighted by atomic mass is 32.2. The molecule has 0 spiro atoms. The van der Waals surface area contributed by atoms with Crippen molar-refractivity contribution in [1.82, 2.24) is 4.98 Å². The Balaban J connectivity index is 2.08. The van der Waals surface area contributed by atoms with E-state index >= 15 is 0 Å². The van der Waals surface area contributed by atoms with Crippen LogP contribution in [0.3, 0.4) is 0 Å². The first-order chi connectivity index (χ1) is 11.4. The second-order valence-corrected chi connectivity index (χ2v) is 6.85. The number of nitrogens with one attached hydrogen (secondary N) is 3. The molecule has 0 aliphatic rings. The molecule has 1 aromatic carbocycles. The molecule has 0 atom stereocenters. The van der Waals surface area contributed by atoms with Crippen molar-refractivity contribution >= 4 is 33.1 Å². The van der Waals surface area contributed by atoms with E-state index in [1.165, 1.54) is 31.2 Å². The fourth-order valence-electron chi connectivity index (χ4n) is 1.95. The van der Waals surface area contributed by atoms with Gasteiger partial charge in [-0.2, -0.15) is 0 Å². The monoisotopic (exact) mass is 348 g/mol. The van der Waals surface area contributed by atoms with E-state index < -0.39 is 10.0 Å². The van der Waals surface area contributed by atoms with Crippen molar-refractivity contribution in [2.75, 3.05) is 21.9 Å². The van der Waals surface area contributed by atoms with Gasteiger partial charge in [-0.3, -0.25) is 9.52 Å². The van der Waals surface area contributed by atoms with Crippen LogP contribution < -0.4 is 15.4 Å². The van der Waals surface area contributed by atoms with Crippen LogP contribution in [0.4, 0.5) is 17.2 Å². The van der Waals surface area contributed by atoms with Crippen LogP contribution in [-0.4, -0.2) is 25.9 Å². The van der Waals surface area contributed by atoms with Crippen LogP contribution in [-0.2, 0) is 14.8 Å². The van der Waals surface area contributed by atoms with E-state index in [9.17, 15) is 13.2 Å². The molecule has 2 rings (SSSR count). The van der Waals surface area contributed by atoms with Crippen LogP contribution in [0.25, 0.3) is 0 Å². The number of benzene rings is 1. The normalized spacial score (nSPS) is 10.9. The molecule has 0 saturated heterocycles. The number of rotatable bonds is 7. The van der Waals surface area contributed by atoms with Gasteiger partial charge < -0.3 is 10.6 Å². The highest BCUT2D eigenvalue weighted by Crippen LogP contribution is 2.18. The number of hydrogen-bond acceptors (Lipinski definition) is 5. The Hall–Kier alpha value is -2.61. The summed E-state index contributed by atoms with van der Waals surface area (Å²) in [6, 6.07) is 9.26. The van der Waals surface area contributed by atoms with E-state index in [1.54, 1.807) is 18.3 Å². The maximum absolute atomic E-state index is 12.3. The number of carbonyl (C=O) groups is 1. The largest absolute Gasteiger partial charge is 0.384 e. The van der Waals surface area contributed by atoms with Crippen LogP contribution in [0.15, 0.2) is 47.5 Å². The van der Waals surface area contributed by atoms with Crippen LogP contribution in [0, 0.1) is 0 Å². The summed E-state index contributed by atoms with van der Waals surface area (Å²) in [7, 11) is -3.73. The zero-order chi connectivity index (χ0) is 17.6. The van der Waals surface area contributed by atoms with Gasteiger partial charge in [0.25, 0.3) is 10.0 Å². The quantitative estimate of drug-likeness (QED) is 0.714. The summed E-state index contributed by atoms with van der Waals surface area (Å²) in [5.74, 6) is 0.0210. The molecule has 128 valence electrons. The second kappa shape index (κ2) is 7.78. The van der Waals surface area contributed by atoms with Gasteiger partial charge in [-0.1, -0.05) is 6.92 Å². The number of pyridine rings is 1. The molecule has 0 radical (unpaired) electrons. The number of aromatic nitrogens is 1. The SMILES string of the molecule is CCCNc1ccc(NS(=O)(=O)c2ccc(NC(C)=O)cc2)nc1. The van der Waals surface area contributed by atoms with E-state index in [1.807, 2.05) is 0 Å². The minimum Gasteiger partial charge on any atom is -0.384 e. The number of sulfonamides is 1. The molecular formula is C16H20N4O3S. The van der Waals surface area contributed by atoms with Gasteiger partial charge >= 0.3 is 0 Å². The second-order valence-electron chi connectivity index (χ2n) is 5.17. The molecule has 1 aromatic heterocycles. The summed E-state index contributed by atoms with van der Waals surface area (Å²) in [6.45, 7) is 4.27. The van der Waals surface area contributed by atoms with E-state index in [0.717, 1.165) is 18.7 Å². The molecule has 8 heteroatoms. The molecule has 7 nitrogen and oxygen atoms in total. The zero-order valence-corrected chi connectivity index (χ0v) is 14.4. The standard InChI is InChI=1S/C16H20N4O3S/c1-3-10-17-14-6-9-16(18-11-14)20-24(22,23)15-7-4-13(5-8-15)19-12(2)21/h4-9,11,17H,3,10H2,1-2H3,(H,18,20)(H,19,21). The van der Waals surface area contributed by atoms with Crippen molar-refractivity contribution in [3.8, 4) is 0 Å². The Kier molecular flexibility index (Phi) is 5.75. The van der Waals surface area contributed by atoms with Crippen LogP contribution in [0.5, 0.6) is 0 Å². The Morgan fingerprint density at radius 1 is 1.08 bits per heavy atom. The Morgan fingerprint density at radius 2 is 1.75 bits per heavy atom. The molecule has 3 N–H and O–H groups in total. The molecule has 2 aromatic rings. The van der Waals surface area contributed by atoms with E-state index in [0.29, 0.717) is 5.69 Å². The average molecular weight is 348 g/mol. The summed E-state index contributed by atoms with van der Waals surface area (Å²) < 4.78 is 27.1. The van der Waals surface area contributed by atoms with Crippen molar-refractivity contribution in [1.29, 1.82) is 0 Å². The fourth-order valence-corrected chi connectivity index (χ4v) is 2.95. The van der Waals surface area contributed by atoms with E-state index in [4.69, 9.17) is 0 Å². The minimum atomic E-state index is -3.73.